The number of aromatic nitrogens is 6. The minimum atomic E-state index is -4.71. The first kappa shape index (κ1) is 25.4. The zero-order valence-electron chi connectivity index (χ0n) is 21.4. The van der Waals surface area contributed by atoms with Crippen molar-refractivity contribution in [3.63, 3.8) is 0 Å². The molecule has 0 N–H and O–H groups in total. The van der Waals surface area contributed by atoms with Gasteiger partial charge in [-0.1, -0.05) is 0 Å². The Kier molecular flexibility index (Phi) is 5.93. The number of aryl methyl sites for hydroxylation is 1. The summed E-state index contributed by atoms with van der Waals surface area (Å²) in [7, 11) is 1.54. The number of morpholine rings is 1. The molecule has 0 bridgehead atoms. The Hall–Kier alpha value is -3.87. The third kappa shape index (κ3) is 4.64. The van der Waals surface area contributed by atoms with E-state index in [1.807, 2.05) is 22.7 Å². The van der Waals surface area contributed by atoms with E-state index < -0.39 is 23.1 Å². The van der Waals surface area contributed by atoms with Crippen molar-refractivity contribution < 1.29 is 22.3 Å². The number of alkyl halides is 3. The van der Waals surface area contributed by atoms with E-state index in [4.69, 9.17) is 4.74 Å². The average molecular weight is 544 g/mol. The maximum absolute atomic E-state index is 15.2. The van der Waals surface area contributed by atoms with Gasteiger partial charge in [-0.25, -0.2) is 19.3 Å². The quantitative estimate of drug-likeness (QED) is 0.354. The second-order valence-corrected chi connectivity index (χ2v) is 10.1. The first-order valence-corrected chi connectivity index (χ1v) is 12.6. The summed E-state index contributed by atoms with van der Waals surface area (Å²) in [5.41, 5.74) is -1.01. The summed E-state index contributed by atoms with van der Waals surface area (Å²) in [6, 6.07) is 2.62. The maximum Gasteiger partial charge on any atom is 0.416 e. The predicted molar refractivity (Wildman–Crippen MR) is 134 cm³/mol. The van der Waals surface area contributed by atoms with Gasteiger partial charge in [-0.2, -0.15) is 18.3 Å². The van der Waals surface area contributed by atoms with Crippen molar-refractivity contribution in [3.05, 3.63) is 63.7 Å². The predicted octanol–water partition coefficient (Wildman–Crippen LogP) is 4.35. The summed E-state index contributed by atoms with van der Waals surface area (Å²) in [6.07, 6.45) is 0.604. The second kappa shape index (κ2) is 9.11. The molecule has 0 amide bonds. The van der Waals surface area contributed by atoms with Crippen LogP contribution in [0.5, 0.6) is 0 Å². The maximum atomic E-state index is 15.2. The Morgan fingerprint density at radius 1 is 1.08 bits per heavy atom. The van der Waals surface area contributed by atoms with E-state index in [0.29, 0.717) is 31.0 Å². The van der Waals surface area contributed by atoms with Gasteiger partial charge in [-0.05, 0) is 44.9 Å². The van der Waals surface area contributed by atoms with E-state index in [0.717, 1.165) is 30.5 Å². The van der Waals surface area contributed by atoms with E-state index >= 15 is 4.39 Å². The number of ether oxygens (including phenoxy) is 1. The first-order valence-electron chi connectivity index (χ1n) is 12.6. The highest BCUT2D eigenvalue weighted by Crippen LogP contribution is 2.37. The summed E-state index contributed by atoms with van der Waals surface area (Å²) < 4.78 is 64.2. The Labute approximate surface area is 220 Å². The number of benzene rings is 1. The van der Waals surface area contributed by atoms with Gasteiger partial charge in [0.25, 0.3) is 5.56 Å². The minimum absolute atomic E-state index is 0.0153. The van der Waals surface area contributed by atoms with Crippen LogP contribution in [0.25, 0.3) is 22.3 Å². The molecular weight excluding hydrogens is 518 g/mol. The molecule has 0 unspecified atom stereocenters. The summed E-state index contributed by atoms with van der Waals surface area (Å²) >= 11 is 0. The van der Waals surface area contributed by atoms with Crippen molar-refractivity contribution in [2.24, 2.45) is 7.05 Å². The molecule has 3 aromatic heterocycles. The zero-order chi connectivity index (χ0) is 27.6. The Balaban J connectivity index is 1.47. The number of hydrogen-bond donors (Lipinski definition) is 0. The molecule has 6 rings (SSSR count). The van der Waals surface area contributed by atoms with E-state index in [2.05, 4.69) is 20.1 Å². The Morgan fingerprint density at radius 2 is 1.85 bits per heavy atom. The first-order chi connectivity index (χ1) is 18.5. The fraction of sp³-hybridized carbons (Fsp3) is 0.423. The van der Waals surface area contributed by atoms with Crippen LogP contribution in [0, 0.1) is 12.7 Å². The molecule has 1 aliphatic heterocycles. The van der Waals surface area contributed by atoms with Gasteiger partial charge in [0.15, 0.2) is 5.52 Å². The van der Waals surface area contributed by atoms with E-state index in [-0.39, 0.29) is 40.4 Å². The summed E-state index contributed by atoms with van der Waals surface area (Å²) in [6.45, 7) is 4.21. The molecule has 0 spiro atoms. The number of anilines is 1. The fourth-order valence-electron chi connectivity index (χ4n) is 4.81. The van der Waals surface area contributed by atoms with Crippen molar-refractivity contribution in [2.45, 2.75) is 51.1 Å². The molecule has 1 aliphatic carbocycles. The molecule has 1 saturated heterocycles. The minimum Gasteiger partial charge on any atom is -0.367 e. The number of hydrogen-bond acceptors (Lipinski definition) is 7. The van der Waals surface area contributed by atoms with Crippen LogP contribution < -0.4 is 10.5 Å². The molecule has 1 saturated carbocycles. The molecule has 39 heavy (non-hydrogen) atoms. The van der Waals surface area contributed by atoms with Crippen molar-refractivity contribution in [1.82, 2.24) is 29.3 Å². The molecule has 2 atom stereocenters. The highest BCUT2D eigenvalue weighted by molar-refractivity contribution is 5.89. The smallest absolute Gasteiger partial charge is 0.367 e. The van der Waals surface area contributed by atoms with Gasteiger partial charge in [-0.15, -0.1) is 0 Å². The fourth-order valence-corrected chi connectivity index (χ4v) is 4.81. The molecule has 204 valence electrons. The van der Waals surface area contributed by atoms with Crippen molar-refractivity contribution >= 4 is 17.0 Å². The largest absolute Gasteiger partial charge is 0.416 e. The number of rotatable bonds is 4. The van der Waals surface area contributed by atoms with Gasteiger partial charge >= 0.3 is 6.18 Å². The van der Waals surface area contributed by atoms with Crippen LogP contribution in [0.15, 0.2) is 35.4 Å². The average Bonchev–Trinajstić information content (AvgIpc) is 3.62. The molecule has 1 aromatic carbocycles. The van der Waals surface area contributed by atoms with Crippen molar-refractivity contribution in [3.8, 4) is 11.3 Å². The highest BCUT2D eigenvalue weighted by Gasteiger charge is 2.34. The van der Waals surface area contributed by atoms with Crippen LogP contribution in [-0.4, -0.2) is 48.5 Å². The topological polar surface area (TPSA) is 91.0 Å². The molecule has 0 radical (unpaired) electrons. The van der Waals surface area contributed by atoms with Crippen molar-refractivity contribution in [2.75, 3.05) is 18.0 Å². The zero-order valence-corrected chi connectivity index (χ0v) is 21.4. The second-order valence-electron chi connectivity index (χ2n) is 10.1. The van der Waals surface area contributed by atoms with Crippen molar-refractivity contribution in [1.29, 1.82) is 0 Å². The molecule has 2 aliphatic rings. The lowest BCUT2D eigenvalue weighted by atomic mass is 10.1. The number of nitrogens with zero attached hydrogens (tertiary/aromatic N) is 7. The lowest BCUT2D eigenvalue weighted by molar-refractivity contribution is -0.137. The monoisotopic (exact) mass is 543 g/mol. The van der Waals surface area contributed by atoms with Crippen LogP contribution in [0.1, 0.15) is 48.9 Å². The molecule has 2 fully saturated rings. The van der Waals surface area contributed by atoms with Gasteiger partial charge in [-0.3, -0.25) is 14.0 Å². The third-order valence-corrected chi connectivity index (χ3v) is 7.15. The van der Waals surface area contributed by atoms with Crippen LogP contribution in [0.4, 0.5) is 23.5 Å². The number of halogens is 4. The molecule has 9 nitrogen and oxygen atoms in total. The summed E-state index contributed by atoms with van der Waals surface area (Å²) in [5.74, 6) is -0.670. The molecule has 4 aromatic rings. The van der Waals surface area contributed by atoms with Crippen LogP contribution in [0.3, 0.4) is 0 Å². The standard InChI is InChI=1S/C26H25F4N7O2/c1-13-10-36(12-20(39-13)15-9-31-37(11-15)17-5-6-17)25-33-21(18-7-4-16(8-19(18)27)26(28,29)30)22-23(34-25)24(38)35(3)14(2)32-22/h4,7-9,11,13,17,20H,5-6,10,12H2,1-3H3/t13-,20+/m1/s1. The van der Waals surface area contributed by atoms with E-state index in [9.17, 15) is 18.0 Å². The Morgan fingerprint density at radius 3 is 2.54 bits per heavy atom. The SMILES string of the molecule is Cc1nc2c(-c3ccc(C(F)(F)F)cc3F)nc(N3C[C@@H](C)O[C@H](c4cnn(C5CC5)c4)C3)nc2c(=O)n1C. The number of fused-ring (bicyclic) bond motifs is 1. The van der Waals surface area contributed by atoms with Crippen LogP contribution in [-0.2, 0) is 18.0 Å². The van der Waals surface area contributed by atoms with E-state index in [1.54, 1.807) is 13.1 Å². The van der Waals surface area contributed by atoms with Crippen LogP contribution >= 0.6 is 0 Å². The normalized spacial score (nSPS) is 20.1. The lowest BCUT2D eigenvalue weighted by Crippen LogP contribution is -2.43. The van der Waals surface area contributed by atoms with Gasteiger partial charge in [0, 0.05) is 30.9 Å². The highest BCUT2D eigenvalue weighted by atomic mass is 19.4. The third-order valence-electron chi connectivity index (χ3n) is 7.15. The van der Waals surface area contributed by atoms with E-state index in [1.165, 1.54) is 11.6 Å². The molecule has 13 heteroatoms. The Bertz CT molecular complexity index is 1640. The van der Waals surface area contributed by atoms with Gasteiger partial charge in [0.05, 0.1) is 30.5 Å². The molecular formula is C26H25F4N7O2. The summed E-state index contributed by atoms with van der Waals surface area (Å²) in [5, 5.41) is 4.45. The lowest BCUT2D eigenvalue weighted by Gasteiger charge is -2.36. The van der Waals surface area contributed by atoms with Gasteiger partial charge in [0.2, 0.25) is 5.95 Å². The van der Waals surface area contributed by atoms with Crippen LogP contribution in [0.2, 0.25) is 0 Å². The summed E-state index contributed by atoms with van der Waals surface area (Å²) in [4.78, 5) is 28.5. The van der Waals surface area contributed by atoms with Gasteiger partial charge < -0.3 is 9.64 Å². The van der Waals surface area contributed by atoms with Gasteiger partial charge in [0.1, 0.15) is 29.0 Å². The molecule has 4 heterocycles.